The van der Waals surface area contributed by atoms with Crippen LogP contribution in [-0.4, -0.2) is 78.1 Å². The zero-order valence-electron chi connectivity index (χ0n) is 20.8. The van der Waals surface area contributed by atoms with E-state index < -0.39 is 28.3 Å². The number of nitrogens with one attached hydrogen (secondary N) is 2. The molecule has 206 valence electrons. The van der Waals surface area contributed by atoms with E-state index >= 15 is 0 Å². The molecular weight excluding hydrogens is 545 g/mol. The Morgan fingerprint density at radius 3 is 2.59 bits per heavy atom. The Bertz CT molecular complexity index is 1040. The van der Waals surface area contributed by atoms with E-state index in [1.807, 2.05) is 0 Å². The lowest BCUT2D eigenvalue weighted by atomic mass is 10.1. The van der Waals surface area contributed by atoms with Crippen molar-refractivity contribution in [2.24, 2.45) is 5.73 Å². The van der Waals surface area contributed by atoms with Crippen molar-refractivity contribution in [3.63, 3.8) is 0 Å². The number of hydrogen-bond donors (Lipinski definition) is 4. The molecule has 2 rings (SSSR count). The van der Waals surface area contributed by atoms with E-state index in [0.717, 1.165) is 5.56 Å². The summed E-state index contributed by atoms with van der Waals surface area (Å²) in [5.74, 6) is 0.201. The van der Waals surface area contributed by atoms with Crippen molar-refractivity contribution in [1.82, 2.24) is 30.8 Å². The Balaban J connectivity index is 1.97. The summed E-state index contributed by atoms with van der Waals surface area (Å²) in [4.78, 5) is 24.7. The number of nitrogens with two attached hydrogens (primary N) is 1. The number of aliphatic hydroxyl groups is 1. The molecule has 0 bridgehead atoms. The zero-order chi connectivity index (χ0) is 27.4. The molecule has 1 aromatic carbocycles. The maximum Gasteiger partial charge on any atom is 0.240 e. The van der Waals surface area contributed by atoms with Gasteiger partial charge in [-0.3, -0.25) is 13.8 Å². The average molecular weight is 579 g/mol. The fraction of sp³-hybridized carbons (Fsp3) is 0.591. The minimum Gasteiger partial charge on any atom is -0.395 e. The fourth-order valence-corrected chi connectivity index (χ4v) is 4.43. The molecule has 5 N–H and O–H groups in total. The molecule has 0 saturated carbocycles. The van der Waals surface area contributed by atoms with Crippen LogP contribution in [0.2, 0.25) is 10.0 Å². The second kappa shape index (κ2) is 15.3. The molecule has 2 atom stereocenters. The van der Waals surface area contributed by atoms with Crippen LogP contribution in [0.25, 0.3) is 0 Å². The Hall–Kier alpha value is -2.16. The summed E-state index contributed by atoms with van der Waals surface area (Å²) in [5, 5.41) is 27.0. The van der Waals surface area contributed by atoms with Gasteiger partial charge in [-0.25, -0.2) is 4.68 Å². The lowest BCUT2D eigenvalue weighted by Gasteiger charge is -2.24. The van der Waals surface area contributed by atoms with Crippen molar-refractivity contribution in [2.75, 3.05) is 31.3 Å². The number of nitrogens with zero attached hydrogens (tertiary/aromatic N) is 4. The van der Waals surface area contributed by atoms with Gasteiger partial charge in [-0.1, -0.05) is 23.2 Å². The van der Waals surface area contributed by atoms with E-state index in [1.165, 1.54) is 4.68 Å². The third-order valence-electron chi connectivity index (χ3n) is 4.98. The highest BCUT2D eigenvalue weighted by Gasteiger charge is 2.28. The molecule has 1 heterocycles. The van der Waals surface area contributed by atoms with Crippen molar-refractivity contribution in [3.8, 4) is 0 Å². The van der Waals surface area contributed by atoms with Crippen molar-refractivity contribution >= 4 is 45.8 Å². The number of ether oxygens (including phenoxy) is 1. The Kier molecular flexibility index (Phi) is 12.8. The molecule has 0 aliphatic heterocycles. The summed E-state index contributed by atoms with van der Waals surface area (Å²) in [5.41, 5.74) is 5.56. The maximum absolute atomic E-state index is 12.6. The SMILES string of the molecule is CC(C)(N)C(=O)NC(COCc1cc(Cl)cc(Cl)c1)c1nnnn1CCCC(=O)NCCS(=O)CCO. The summed E-state index contributed by atoms with van der Waals surface area (Å²) >= 11 is 12.1. The highest BCUT2D eigenvalue weighted by atomic mass is 35.5. The predicted octanol–water partition coefficient (Wildman–Crippen LogP) is 0.729. The van der Waals surface area contributed by atoms with Gasteiger partial charge in [-0.2, -0.15) is 0 Å². The smallest absolute Gasteiger partial charge is 0.240 e. The van der Waals surface area contributed by atoms with Crippen LogP contribution < -0.4 is 16.4 Å². The largest absolute Gasteiger partial charge is 0.395 e. The number of tetrazole rings is 1. The number of amides is 2. The van der Waals surface area contributed by atoms with Crippen molar-refractivity contribution < 1.29 is 23.6 Å². The first-order chi connectivity index (χ1) is 17.5. The summed E-state index contributed by atoms with van der Waals surface area (Å²) in [6.45, 7) is 3.80. The third kappa shape index (κ3) is 11.4. The van der Waals surface area contributed by atoms with Gasteiger partial charge in [0.05, 0.1) is 25.4 Å². The monoisotopic (exact) mass is 577 g/mol. The Morgan fingerprint density at radius 1 is 1.24 bits per heavy atom. The molecule has 2 amide bonds. The molecule has 0 aliphatic carbocycles. The van der Waals surface area contributed by atoms with Crippen molar-refractivity contribution in [2.45, 2.75) is 51.4 Å². The van der Waals surface area contributed by atoms with Crippen molar-refractivity contribution in [1.29, 1.82) is 0 Å². The highest BCUT2D eigenvalue weighted by molar-refractivity contribution is 7.85. The van der Waals surface area contributed by atoms with Gasteiger partial charge in [0.2, 0.25) is 11.8 Å². The molecule has 2 unspecified atom stereocenters. The number of aromatic nitrogens is 4. The minimum atomic E-state index is -1.17. The maximum atomic E-state index is 12.6. The topological polar surface area (TPSA) is 174 Å². The van der Waals surface area contributed by atoms with E-state index in [0.29, 0.717) is 28.8 Å². The molecule has 0 saturated heterocycles. The first-order valence-electron chi connectivity index (χ1n) is 11.6. The number of carbonyl (C=O) groups is 2. The van der Waals surface area contributed by atoms with Gasteiger partial charge in [-0.15, -0.1) is 5.10 Å². The molecule has 1 aromatic heterocycles. The second-order valence-corrected chi connectivity index (χ2v) is 11.4. The molecule has 0 spiro atoms. The number of rotatable bonds is 16. The first-order valence-corrected chi connectivity index (χ1v) is 13.8. The molecule has 15 heteroatoms. The van der Waals surface area contributed by atoms with Crippen LogP contribution in [0.15, 0.2) is 18.2 Å². The van der Waals surface area contributed by atoms with Crippen LogP contribution in [0, 0.1) is 0 Å². The Labute approximate surface area is 228 Å². The van der Waals surface area contributed by atoms with Crippen LogP contribution in [-0.2, 0) is 38.3 Å². The molecule has 0 fully saturated rings. The standard InChI is InChI=1S/C22H33Cl2N7O5S/c1-22(2,25)21(34)27-18(14-36-13-15-10-16(23)12-17(24)11-15)20-28-29-30-31(20)6-3-4-19(33)26-5-8-37(35)9-7-32/h10-12,18,32H,3-9,13-14,25H2,1-2H3,(H,26,33)(H,27,34). The van der Waals surface area contributed by atoms with Gasteiger partial charge in [0.1, 0.15) is 6.04 Å². The molecule has 37 heavy (non-hydrogen) atoms. The van der Waals surface area contributed by atoms with Crippen molar-refractivity contribution in [3.05, 3.63) is 39.6 Å². The van der Waals surface area contributed by atoms with Gasteiger partial charge in [0, 0.05) is 51.9 Å². The predicted molar refractivity (Wildman–Crippen MR) is 140 cm³/mol. The highest BCUT2D eigenvalue weighted by Crippen LogP contribution is 2.20. The van der Waals surface area contributed by atoms with E-state index in [1.54, 1.807) is 32.0 Å². The number of aliphatic hydroxyl groups excluding tert-OH is 1. The quantitative estimate of drug-likeness (QED) is 0.224. The normalized spacial score (nSPS) is 13.2. The summed E-state index contributed by atoms with van der Waals surface area (Å²) < 4.78 is 18.9. The number of aryl methyl sites for hydroxylation is 1. The molecule has 0 radical (unpaired) electrons. The van der Waals surface area contributed by atoms with Crippen LogP contribution in [0.3, 0.4) is 0 Å². The number of hydrogen-bond acceptors (Lipinski definition) is 9. The van der Waals surface area contributed by atoms with Gasteiger partial charge in [-0.05, 0) is 54.5 Å². The van der Waals surface area contributed by atoms with Gasteiger partial charge < -0.3 is 26.2 Å². The number of halogens is 2. The van der Waals surface area contributed by atoms with Gasteiger partial charge >= 0.3 is 0 Å². The van der Waals surface area contributed by atoms with Crippen LogP contribution in [0.4, 0.5) is 0 Å². The third-order valence-corrected chi connectivity index (χ3v) is 6.72. The van der Waals surface area contributed by atoms with Gasteiger partial charge in [0.25, 0.3) is 0 Å². The first kappa shape index (κ1) is 31.1. The number of carbonyl (C=O) groups excluding carboxylic acids is 2. The molecule has 2 aromatic rings. The Morgan fingerprint density at radius 2 is 1.95 bits per heavy atom. The van der Waals surface area contributed by atoms with Crippen LogP contribution in [0.1, 0.15) is 44.1 Å². The summed E-state index contributed by atoms with van der Waals surface area (Å²) in [6.07, 6.45) is 0.624. The molecular formula is C22H33Cl2N7O5S. The average Bonchev–Trinajstić information content (AvgIpc) is 3.25. The number of benzene rings is 1. The fourth-order valence-electron chi connectivity index (χ4n) is 3.12. The van der Waals surface area contributed by atoms with Gasteiger partial charge in [0.15, 0.2) is 5.82 Å². The van der Waals surface area contributed by atoms with Crippen LogP contribution in [0.5, 0.6) is 0 Å². The zero-order valence-corrected chi connectivity index (χ0v) is 23.1. The second-order valence-electron chi connectivity index (χ2n) is 8.83. The minimum absolute atomic E-state index is 0.0395. The molecule has 0 aliphatic rings. The summed E-state index contributed by atoms with van der Waals surface area (Å²) in [6, 6.07) is 4.36. The van der Waals surface area contributed by atoms with E-state index in [9.17, 15) is 13.8 Å². The van der Waals surface area contributed by atoms with E-state index in [4.69, 9.17) is 38.8 Å². The molecule has 12 nitrogen and oxygen atoms in total. The van der Waals surface area contributed by atoms with Crippen LogP contribution >= 0.6 is 23.2 Å². The lowest BCUT2D eigenvalue weighted by Crippen LogP contribution is -2.51. The van der Waals surface area contributed by atoms with E-state index in [-0.39, 0.29) is 50.2 Å². The summed E-state index contributed by atoms with van der Waals surface area (Å²) in [7, 11) is -1.17. The lowest BCUT2D eigenvalue weighted by molar-refractivity contribution is -0.126. The van der Waals surface area contributed by atoms with E-state index in [2.05, 4.69) is 26.2 Å².